The number of ether oxygens (including phenoxy) is 1. The van der Waals surface area contributed by atoms with Crippen LogP contribution in [0.25, 0.3) is 11.5 Å². The monoisotopic (exact) mass is 315 g/mol. The minimum absolute atomic E-state index is 0.0475. The van der Waals surface area contributed by atoms with E-state index < -0.39 is 0 Å². The molecule has 0 aliphatic carbocycles. The van der Waals surface area contributed by atoms with E-state index in [1.165, 1.54) is 6.42 Å². The molecule has 0 saturated carbocycles. The van der Waals surface area contributed by atoms with Gasteiger partial charge in [-0.1, -0.05) is 19.1 Å². The van der Waals surface area contributed by atoms with Gasteiger partial charge in [0.15, 0.2) is 0 Å². The molecule has 1 atom stereocenters. The second-order valence-corrected chi connectivity index (χ2v) is 5.67. The third-order valence-corrected chi connectivity index (χ3v) is 4.30. The average Bonchev–Trinajstić information content (AvgIpc) is 3.11. The number of likely N-dealkylation sites (tertiary alicyclic amines) is 1. The van der Waals surface area contributed by atoms with E-state index in [0.29, 0.717) is 17.2 Å². The van der Waals surface area contributed by atoms with Gasteiger partial charge in [-0.3, -0.25) is 4.79 Å². The van der Waals surface area contributed by atoms with Gasteiger partial charge in [0.25, 0.3) is 5.89 Å². The molecule has 1 unspecified atom stereocenters. The highest BCUT2D eigenvalue weighted by Crippen LogP contribution is 2.29. The molecule has 1 amide bonds. The first-order chi connectivity index (χ1) is 11.2. The summed E-state index contributed by atoms with van der Waals surface area (Å²) in [7, 11) is 1.58. The lowest BCUT2D eigenvalue weighted by Crippen LogP contribution is -2.43. The molecule has 6 heteroatoms. The lowest BCUT2D eigenvalue weighted by molar-refractivity contribution is 0.0568. The summed E-state index contributed by atoms with van der Waals surface area (Å²) in [6, 6.07) is 7.64. The molecule has 6 nitrogen and oxygen atoms in total. The molecular weight excluding hydrogens is 294 g/mol. The Kier molecular flexibility index (Phi) is 4.60. The first-order valence-electron chi connectivity index (χ1n) is 8.02. The highest BCUT2D eigenvalue weighted by Gasteiger charge is 2.30. The maximum Gasteiger partial charge on any atom is 0.311 e. The zero-order chi connectivity index (χ0) is 16.2. The minimum Gasteiger partial charge on any atom is -0.496 e. The Balaban J connectivity index is 1.85. The molecule has 0 N–H and O–H groups in total. The lowest BCUT2D eigenvalue weighted by atomic mass is 10.00. The number of piperidine rings is 1. The van der Waals surface area contributed by atoms with Crippen molar-refractivity contribution >= 4 is 5.91 Å². The van der Waals surface area contributed by atoms with Crippen LogP contribution in [0.15, 0.2) is 28.7 Å². The third kappa shape index (κ3) is 3.06. The van der Waals surface area contributed by atoms with Crippen LogP contribution >= 0.6 is 0 Å². The van der Waals surface area contributed by atoms with Crippen LogP contribution in [0.1, 0.15) is 43.3 Å². The van der Waals surface area contributed by atoms with Crippen molar-refractivity contribution in [3.63, 3.8) is 0 Å². The third-order valence-electron chi connectivity index (χ3n) is 4.30. The highest BCUT2D eigenvalue weighted by atomic mass is 16.5. The summed E-state index contributed by atoms with van der Waals surface area (Å²) in [5.41, 5.74) is 0.687. The fraction of sp³-hybridized carbons (Fsp3) is 0.471. The fourth-order valence-electron chi connectivity index (χ4n) is 3.06. The van der Waals surface area contributed by atoms with Crippen molar-refractivity contribution in [2.45, 2.75) is 38.6 Å². The van der Waals surface area contributed by atoms with Crippen molar-refractivity contribution in [1.82, 2.24) is 15.1 Å². The molecule has 1 fully saturated rings. The van der Waals surface area contributed by atoms with Crippen molar-refractivity contribution in [2.75, 3.05) is 13.7 Å². The summed E-state index contributed by atoms with van der Waals surface area (Å²) in [6.07, 6.45) is 4.17. The molecule has 2 aromatic rings. The number of methoxy groups -OCH3 is 1. The highest BCUT2D eigenvalue weighted by molar-refractivity contribution is 5.90. The largest absolute Gasteiger partial charge is 0.496 e. The summed E-state index contributed by atoms with van der Waals surface area (Å²) < 4.78 is 10.9. The predicted molar refractivity (Wildman–Crippen MR) is 85.3 cm³/mol. The van der Waals surface area contributed by atoms with Gasteiger partial charge in [0, 0.05) is 12.6 Å². The smallest absolute Gasteiger partial charge is 0.311 e. The van der Waals surface area contributed by atoms with E-state index in [1.54, 1.807) is 7.11 Å². The van der Waals surface area contributed by atoms with Crippen LogP contribution in [0.5, 0.6) is 5.75 Å². The Morgan fingerprint density at radius 1 is 1.35 bits per heavy atom. The summed E-state index contributed by atoms with van der Waals surface area (Å²) in [6.45, 7) is 2.86. The van der Waals surface area contributed by atoms with E-state index in [0.717, 1.165) is 25.8 Å². The number of rotatable bonds is 4. The van der Waals surface area contributed by atoms with Crippen molar-refractivity contribution < 1.29 is 13.9 Å². The molecular formula is C17H21N3O3. The summed E-state index contributed by atoms with van der Waals surface area (Å²) >= 11 is 0. The van der Waals surface area contributed by atoms with Gasteiger partial charge in [-0.15, -0.1) is 10.2 Å². The molecule has 23 heavy (non-hydrogen) atoms. The topological polar surface area (TPSA) is 68.5 Å². The van der Waals surface area contributed by atoms with Gasteiger partial charge < -0.3 is 14.1 Å². The van der Waals surface area contributed by atoms with E-state index in [-0.39, 0.29) is 17.8 Å². The Bertz CT molecular complexity index is 683. The van der Waals surface area contributed by atoms with Crippen LogP contribution < -0.4 is 4.74 Å². The molecule has 1 aliphatic heterocycles. The van der Waals surface area contributed by atoms with Crippen LogP contribution in [0, 0.1) is 0 Å². The van der Waals surface area contributed by atoms with Crippen LogP contribution in [-0.2, 0) is 0 Å². The Morgan fingerprint density at radius 3 is 2.96 bits per heavy atom. The summed E-state index contributed by atoms with van der Waals surface area (Å²) in [4.78, 5) is 14.5. The Hall–Kier alpha value is -2.37. The number of benzene rings is 1. The van der Waals surface area contributed by atoms with Crippen LogP contribution in [0.2, 0.25) is 0 Å². The van der Waals surface area contributed by atoms with E-state index >= 15 is 0 Å². The van der Waals surface area contributed by atoms with Gasteiger partial charge in [0.05, 0.1) is 12.7 Å². The molecule has 0 radical (unpaired) electrons. The molecule has 0 spiro atoms. The van der Waals surface area contributed by atoms with E-state index in [4.69, 9.17) is 9.15 Å². The van der Waals surface area contributed by atoms with Crippen LogP contribution in [-0.4, -0.2) is 40.7 Å². The molecule has 0 bridgehead atoms. The molecule has 1 saturated heterocycles. The second-order valence-electron chi connectivity index (χ2n) is 5.67. The van der Waals surface area contributed by atoms with Gasteiger partial charge >= 0.3 is 11.8 Å². The number of carbonyl (C=O) groups is 1. The lowest BCUT2D eigenvalue weighted by Gasteiger charge is -2.34. The number of nitrogens with zero attached hydrogens (tertiary/aromatic N) is 3. The molecule has 1 aliphatic rings. The predicted octanol–water partition coefficient (Wildman–Crippen LogP) is 3.15. The van der Waals surface area contributed by atoms with Gasteiger partial charge in [-0.25, -0.2) is 0 Å². The number of para-hydroxylation sites is 1. The zero-order valence-electron chi connectivity index (χ0n) is 13.5. The van der Waals surface area contributed by atoms with Crippen molar-refractivity contribution in [3.05, 3.63) is 30.2 Å². The Morgan fingerprint density at radius 2 is 2.17 bits per heavy atom. The number of aromatic nitrogens is 2. The van der Waals surface area contributed by atoms with Crippen molar-refractivity contribution in [3.8, 4) is 17.2 Å². The zero-order valence-corrected chi connectivity index (χ0v) is 13.5. The van der Waals surface area contributed by atoms with Crippen molar-refractivity contribution in [2.24, 2.45) is 0 Å². The van der Waals surface area contributed by atoms with Gasteiger partial charge in [0.2, 0.25) is 0 Å². The van der Waals surface area contributed by atoms with E-state index in [2.05, 4.69) is 17.1 Å². The molecule has 122 valence electrons. The maximum atomic E-state index is 12.7. The normalized spacial score (nSPS) is 18.0. The number of hydrogen-bond donors (Lipinski definition) is 0. The van der Waals surface area contributed by atoms with Gasteiger partial charge in [-0.2, -0.15) is 0 Å². The molecule has 1 aromatic carbocycles. The van der Waals surface area contributed by atoms with Gasteiger partial charge in [0.1, 0.15) is 5.75 Å². The molecule has 2 heterocycles. The number of carbonyl (C=O) groups excluding carboxylic acids is 1. The number of amides is 1. The maximum absolute atomic E-state index is 12.7. The van der Waals surface area contributed by atoms with E-state index in [1.807, 2.05) is 29.2 Å². The van der Waals surface area contributed by atoms with E-state index in [9.17, 15) is 4.79 Å². The number of hydrogen-bond acceptors (Lipinski definition) is 5. The first kappa shape index (κ1) is 15.5. The first-order valence-corrected chi connectivity index (χ1v) is 8.02. The second kappa shape index (κ2) is 6.81. The van der Waals surface area contributed by atoms with Gasteiger partial charge in [-0.05, 0) is 37.8 Å². The summed E-state index contributed by atoms with van der Waals surface area (Å²) in [5, 5.41) is 7.97. The Labute approximate surface area is 135 Å². The SMILES string of the molecule is CCC1CCCCN1C(=O)c1nnc(-c2ccccc2OC)o1. The molecule has 3 rings (SSSR count). The summed E-state index contributed by atoms with van der Waals surface area (Å²) in [5.74, 6) is 0.812. The molecule has 1 aromatic heterocycles. The van der Waals surface area contributed by atoms with Crippen LogP contribution in [0.4, 0.5) is 0 Å². The minimum atomic E-state index is -0.176. The quantitative estimate of drug-likeness (QED) is 0.867. The van der Waals surface area contributed by atoms with Crippen LogP contribution in [0.3, 0.4) is 0 Å². The fourth-order valence-corrected chi connectivity index (χ4v) is 3.06. The standard InChI is InChI=1S/C17H21N3O3/c1-3-12-8-6-7-11-20(12)17(21)16-19-18-15(23-16)13-9-4-5-10-14(13)22-2/h4-5,9-10,12H,3,6-8,11H2,1-2H3. The van der Waals surface area contributed by atoms with Crippen molar-refractivity contribution in [1.29, 1.82) is 0 Å². The average molecular weight is 315 g/mol.